The number of ether oxygens (including phenoxy) is 1. The second kappa shape index (κ2) is 9.53. The number of para-hydroxylation sites is 2. The fourth-order valence-electron chi connectivity index (χ4n) is 2.11. The Morgan fingerprint density at radius 3 is 2.65 bits per heavy atom. The Labute approximate surface area is 146 Å². The van der Waals surface area contributed by atoms with Crippen molar-refractivity contribution in [1.82, 2.24) is 0 Å². The third kappa shape index (κ3) is 5.52. The zero-order valence-corrected chi connectivity index (χ0v) is 15.0. The van der Waals surface area contributed by atoms with Crippen molar-refractivity contribution in [2.24, 2.45) is 0 Å². The van der Waals surface area contributed by atoms with Crippen LogP contribution in [0.2, 0.25) is 0 Å². The maximum Gasteiger partial charge on any atom is 0.234 e. The lowest BCUT2D eigenvalue weighted by molar-refractivity contribution is -0.113. The van der Waals surface area contributed by atoms with Gasteiger partial charge in [0, 0.05) is 16.2 Å². The van der Waals surface area contributed by atoms with Crippen LogP contribution in [-0.2, 0) is 10.5 Å². The van der Waals surface area contributed by atoms with Crippen LogP contribution < -0.4 is 10.1 Å². The first-order valence-electron chi connectivity index (χ1n) is 7.46. The molecule has 2 aromatic rings. The predicted octanol–water partition coefficient (Wildman–Crippen LogP) is 4.68. The molecule has 0 aromatic heterocycles. The molecular formula is C18H21NO2S2. The van der Waals surface area contributed by atoms with Gasteiger partial charge in [0.25, 0.3) is 0 Å². The Bertz CT molecular complexity index is 646. The molecular weight excluding hydrogens is 326 g/mol. The van der Waals surface area contributed by atoms with Gasteiger partial charge in [0.15, 0.2) is 0 Å². The Morgan fingerprint density at radius 2 is 1.87 bits per heavy atom. The van der Waals surface area contributed by atoms with Crippen molar-refractivity contribution in [2.45, 2.75) is 17.6 Å². The Balaban J connectivity index is 1.85. The van der Waals surface area contributed by atoms with Crippen LogP contribution in [0.5, 0.6) is 5.75 Å². The third-order valence-corrected chi connectivity index (χ3v) is 4.92. The van der Waals surface area contributed by atoms with Crippen molar-refractivity contribution < 1.29 is 9.53 Å². The smallest absolute Gasteiger partial charge is 0.234 e. The molecule has 0 aliphatic carbocycles. The Hall–Kier alpha value is -1.59. The molecule has 0 spiro atoms. The standard InChI is InChI=1S/C18H21NO2S2/c1-3-21-16-10-6-4-8-14(16)12-23-13-18(20)19-15-9-5-7-11-17(15)22-2/h4-11H,3,12-13H2,1-2H3,(H,19,20). The molecule has 1 N–H and O–H groups in total. The zero-order valence-electron chi connectivity index (χ0n) is 13.4. The molecule has 0 atom stereocenters. The molecule has 0 radical (unpaired) electrons. The maximum atomic E-state index is 12.1. The number of nitrogens with one attached hydrogen (secondary N) is 1. The molecule has 0 saturated carbocycles. The van der Waals surface area contributed by atoms with Gasteiger partial charge in [-0.15, -0.1) is 23.5 Å². The molecule has 1 amide bonds. The SMILES string of the molecule is CCOc1ccccc1CSCC(=O)Nc1ccccc1SC. The first-order valence-corrected chi connectivity index (χ1v) is 9.84. The normalized spacial score (nSPS) is 10.3. The van der Waals surface area contributed by atoms with E-state index < -0.39 is 0 Å². The zero-order chi connectivity index (χ0) is 16.5. The van der Waals surface area contributed by atoms with E-state index >= 15 is 0 Å². The largest absolute Gasteiger partial charge is 0.494 e. The number of hydrogen-bond acceptors (Lipinski definition) is 4. The highest BCUT2D eigenvalue weighted by Gasteiger charge is 2.08. The molecule has 0 aliphatic rings. The lowest BCUT2D eigenvalue weighted by Gasteiger charge is -2.11. The number of hydrogen-bond donors (Lipinski definition) is 1. The number of anilines is 1. The van der Waals surface area contributed by atoms with E-state index in [2.05, 4.69) is 5.32 Å². The summed E-state index contributed by atoms with van der Waals surface area (Å²) in [6.45, 7) is 2.62. The number of amides is 1. The van der Waals surface area contributed by atoms with Crippen LogP contribution >= 0.6 is 23.5 Å². The topological polar surface area (TPSA) is 38.3 Å². The van der Waals surface area contributed by atoms with Crippen LogP contribution in [-0.4, -0.2) is 24.5 Å². The first kappa shape index (κ1) is 17.8. The quantitative estimate of drug-likeness (QED) is 0.704. The second-order valence-electron chi connectivity index (χ2n) is 4.78. The molecule has 3 nitrogen and oxygen atoms in total. The summed E-state index contributed by atoms with van der Waals surface area (Å²) in [5.41, 5.74) is 2.00. The lowest BCUT2D eigenvalue weighted by Crippen LogP contribution is -2.14. The van der Waals surface area contributed by atoms with Gasteiger partial charge in [0.1, 0.15) is 5.75 Å². The average molecular weight is 348 g/mol. The van der Waals surface area contributed by atoms with Gasteiger partial charge in [-0.05, 0) is 31.4 Å². The minimum absolute atomic E-state index is 0.0189. The third-order valence-electron chi connectivity index (χ3n) is 3.14. The number of rotatable bonds is 8. The van der Waals surface area contributed by atoms with Crippen LogP contribution in [0, 0.1) is 0 Å². The van der Waals surface area contributed by atoms with Crippen LogP contribution in [0.15, 0.2) is 53.4 Å². The molecule has 23 heavy (non-hydrogen) atoms. The summed E-state index contributed by atoms with van der Waals surface area (Å²) in [7, 11) is 0. The van der Waals surface area contributed by atoms with Crippen molar-refractivity contribution in [1.29, 1.82) is 0 Å². The Morgan fingerprint density at radius 1 is 1.13 bits per heavy atom. The van der Waals surface area contributed by atoms with Crippen LogP contribution in [0.4, 0.5) is 5.69 Å². The van der Waals surface area contributed by atoms with E-state index in [4.69, 9.17) is 4.74 Å². The monoisotopic (exact) mass is 347 g/mol. The fourth-order valence-corrected chi connectivity index (χ4v) is 3.48. The van der Waals surface area contributed by atoms with Gasteiger partial charge in [0.2, 0.25) is 5.91 Å². The maximum absolute atomic E-state index is 12.1. The van der Waals surface area contributed by atoms with Gasteiger partial charge in [-0.25, -0.2) is 0 Å². The van der Waals surface area contributed by atoms with Crippen LogP contribution in [0.1, 0.15) is 12.5 Å². The van der Waals surface area contributed by atoms with Crippen LogP contribution in [0.3, 0.4) is 0 Å². The van der Waals surface area contributed by atoms with Crippen molar-refractivity contribution in [3.8, 4) is 5.75 Å². The van der Waals surface area contributed by atoms with E-state index in [-0.39, 0.29) is 5.91 Å². The van der Waals surface area contributed by atoms with Gasteiger partial charge >= 0.3 is 0 Å². The fraction of sp³-hybridized carbons (Fsp3) is 0.278. The number of benzene rings is 2. The van der Waals surface area contributed by atoms with Crippen LogP contribution in [0.25, 0.3) is 0 Å². The van der Waals surface area contributed by atoms with Crippen molar-refractivity contribution >= 4 is 35.1 Å². The molecule has 0 saturated heterocycles. The van der Waals surface area contributed by atoms with Gasteiger partial charge in [-0.2, -0.15) is 0 Å². The highest BCUT2D eigenvalue weighted by atomic mass is 32.2. The number of carbonyl (C=O) groups is 1. The van der Waals surface area contributed by atoms with E-state index in [1.165, 1.54) is 0 Å². The van der Waals surface area contributed by atoms with Gasteiger partial charge in [-0.3, -0.25) is 4.79 Å². The summed E-state index contributed by atoms with van der Waals surface area (Å²) in [4.78, 5) is 13.2. The highest BCUT2D eigenvalue weighted by molar-refractivity contribution is 7.99. The summed E-state index contributed by atoms with van der Waals surface area (Å²) in [6.07, 6.45) is 2.00. The minimum Gasteiger partial charge on any atom is -0.494 e. The number of thioether (sulfide) groups is 2. The Kier molecular flexibility index (Phi) is 7.36. The summed E-state index contributed by atoms with van der Waals surface area (Å²) in [5, 5.41) is 2.98. The summed E-state index contributed by atoms with van der Waals surface area (Å²) in [6, 6.07) is 15.8. The van der Waals surface area contributed by atoms with Gasteiger partial charge in [-0.1, -0.05) is 30.3 Å². The molecule has 0 heterocycles. The van der Waals surface area contributed by atoms with Crippen molar-refractivity contribution in [3.63, 3.8) is 0 Å². The lowest BCUT2D eigenvalue weighted by atomic mass is 10.2. The molecule has 0 unspecified atom stereocenters. The summed E-state index contributed by atoms with van der Waals surface area (Å²) in [5.74, 6) is 2.10. The van der Waals surface area contributed by atoms with E-state index in [0.717, 1.165) is 27.6 Å². The van der Waals surface area contributed by atoms with E-state index in [1.54, 1.807) is 23.5 Å². The van der Waals surface area contributed by atoms with Gasteiger partial charge in [0.05, 0.1) is 18.0 Å². The van der Waals surface area contributed by atoms with Crippen molar-refractivity contribution in [3.05, 3.63) is 54.1 Å². The predicted molar refractivity (Wildman–Crippen MR) is 101 cm³/mol. The van der Waals surface area contributed by atoms with E-state index in [9.17, 15) is 4.79 Å². The van der Waals surface area contributed by atoms with E-state index in [0.29, 0.717) is 12.4 Å². The molecule has 0 aliphatic heterocycles. The molecule has 2 aromatic carbocycles. The summed E-state index contributed by atoms with van der Waals surface area (Å²) >= 11 is 3.22. The second-order valence-corrected chi connectivity index (χ2v) is 6.62. The molecule has 0 bridgehead atoms. The highest BCUT2D eigenvalue weighted by Crippen LogP contribution is 2.26. The molecule has 122 valence electrons. The number of carbonyl (C=O) groups excluding carboxylic acids is 1. The molecule has 0 fully saturated rings. The van der Waals surface area contributed by atoms with E-state index in [1.807, 2.05) is 61.7 Å². The summed E-state index contributed by atoms with van der Waals surface area (Å²) < 4.78 is 5.60. The van der Waals surface area contributed by atoms with Gasteiger partial charge < -0.3 is 10.1 Å². The van der Waals surface area contributed by atoms with Crippen molar-refractivity contribution in [2.75, 3.05) is 23.9 Å². The minimum atomic E-state index is 0.0189. The molecule has 2 rings (SSSR count). The first-order chi connectivity index (χ1) is 11.2. The molecule has 5 heteroatoms. The average Bonchev–Trinajstić information content (AvgIpc) is 2.57.